The molecular formula is C15H17N3O. The van der Waals surface area contributed by atoms with Crippen molar-refractivity contribution in [2.45, 2.75) is 13.5 Å². The van der Waals surface area contributed by atoms with Crippen LogP contribution in [0.25, 0.3) is 0 Å². The molecule has 0 aliphatic rings. The molecule has 1 aromatic heterocycles. The highest BCUT2D eigenvalue weighted by Crippen LogP contribution is 2.10. The van der Waals surface area contributed by atoms with Gasteiger partial charge in [-0.1, -0.05) is 29.8 Å². The Morgan fingerprint density at radius 1 is 1.26 bits per heavy atom. The number of nitrogens with zero attached hydrogens (tertiary/aromatic N) is 1. The number of anilines is 1. The molecule has 2 aromatic rings. The molecule has 1 aromatic carbocycles. The predicted octanol–water partition coefficient (Wildman–Crippen LogP) is 2.36. The Morgan fingerprint density at radius 3 is 2.84 bits per heavy atom. The maximum absolute atomic E-state index is 12.1. The molecule has 0 bridgehead atoms. The van der Waals surface area contributed by atoms with Gasteiger partial charge in [0.2, 0.25) is 0 Å². The lowest BCUT2D eigenvalue weighted by Crippen LogP contribution is -2.24. The Kier molecular flexibility index (Phi) is 4.13. The third kappa shape index (κ3) is 3.31. The van der Waals surface area contributed by atoms with E-state index in [1.165, 1.54) is 5.56 Å². The first-order valence-electron chi connectivity index (χ1n) is 6.17. The van der Waals surface area contributed by atoms with Crippen LogP contribution in [0, 0.1) is 6.92 Å². The van der Waals surface area contributed by atoms with Crippen molar-refractivity contribution in [3.8, 4) is 0 Å². The van der Waals surface area contributed by atoms with E-state index in [1.807, 2.05) is 25.1 Å². The van der Waals surface area contributed by atoms with Crippen molar-refractivity contribution in [1.29, 1.82) is 0 Å². The van der Waals surface area contributed by atoms with Gasteiger partial charge in [-0.25, -0.2) is 4.98 Å². The van der Waals surface area contributed by atoms with E-state index in [-0.39, 0.29) is 5.91 Å². The molecule has 0 radical (unpaired) electrons. The quantitative estimate of drug-likeness (QED) is 0.881. The minimum absolute atomic E-state index is 0.126. The number of nitrogens with one attached hydrogen (secondary N) is 2. The number of carbonyl (C=O) groups is 1. The molecule has 4 heteroatoms. The summed E-state index contributed by atoms with van der Waals surface area (Å²) < 4.78 is 0. The summed E-state index contributed by atoms with van der Waals surface area (Å²) in [5, 5.41) is 5.81. The summed E-state index contributed by atoms with van der Waals surface area (Å²) in [6, 6.07) is 11.6. The summed E-state index contributed by atoms with van der Waals surface area (Å²) in [6.07, 6.45) is 1.66. The predicted molar refractivity (Wildman–Crippen MR) is 76.1 cm³/mol. The van der Waals surface area contributed by atoms with Crippen molar-refractivity contribution >= 4 is 11.7 Å². The molecule has 4 nitrogen and oxygen atoms in total. The molecule has 2 N–H and O–H groups in total. The Hall–Kier alpha value is -2.36. The normalized spacial score (nSPS) is 10.0. The number of hydrogen-bond donors (Lipinski definition) is 2. The van der Waals surface area contributed by atoms with Gasteiger partial charge in [0.05, 0.1) is 5.56 Å². The fourth-order valence-electron chi connectivity index (χ4n) is 1.89. The first-order valence-corrected chi connectivity index (χ1v) is 6.17. The second kappa shape index (κ2) is 6.00. The number of hydrogen-bond acceptors (Lipinski definition) is 3. The molecule has 1 heterocycles. The summed E-state index contributed by atoms with van der Waals surface area (Å²) in [5.41, 5.74) is 2.82. The van der Waals surface area contributed by atoms with Crippen LogP contribution in [0.1, 0.15) is 21.5 Å². The number of aromatic nitrogens is 1. The van der Waals surface area contributed by atoms with Crippen LogP contribution < -0.4 is 10.6 Å². The first-order chi connectivity index (χ1) is 9.20. The van der Waals surface area contributed by atoms with Crippen LogP contribution >= 0.6 is 0 Å². The monoisotopic (exact) mass is 255 g/mol. The Morgan fingerprint density at radius 2 is 2.11 bits per heavy atom. The van der Waals surface area contributed by atoms with Crippen molar-refractivity contribution < 1.29 is 4.79 Å². The number of aryl methyl sites for hydroxylation is 1. The van der Waals surface area contributed by atoms with Crippen LogP contribution in [0.2, 0.25) is 0 Å². The van der Waals surface area contributed by atoms with Gasteiger partial charge >= 0.3 is 0 Å². The van der Waals surface area contributed by atoms with Gasteiger partial charge in [-0.2, -0.15) is 0 Å². The van der Waals surface area contributed by atoms with E-state index >= 15 is 0 Å². The number of rotatable bonds is 4. The largest absolute Gasteiger partial charge is 0.372 e. The molecule has 2 rings (SSSR count). The molecule has 19 heavy (non-hydrogen) atoms. The summed E-state index contributed by atoms with van der Waals surface area (Å²) >= 11 is 0. The molecule has 98 valence electrons. The fourth-order valence-corrected chi connectivity index (χ4v) is 1.89. The zero-order valence-electron chi connectivity index (χ0n) is 11.1. The van der Waals surface area contributed by atoms with Crippen molar-refractivity contribution in [2.75, 3.05) is 12.4 Å². The van der Waals surface area contributed by atoms with Crippen molar-refractivity contribution in [3.63, 3.8) is 0 Å². The van der Waals surface area contributed by atoms with Crippen LogP contribution in [0.3, 0.4) is 0 Å². The lowest BCUT2D eigenvalue weighted by molar-refractivity contribution is 0.0951. The van der Waals surface area contributed by atoms with Gasteiger partial charge in [-0.05, 0) is 24.6 Å². The third-order valence-electron chi connectivity index (χ3n) is 2.82. The Bertz CT molecular complexity index is 581. The standard InChI is InChI=1S/C15H17N3O/c1-11-5-3-6-12(9-11)10-18-15(19)13-7-4-8-17-14(13)16-2/h3-9H,10H2,1-2H3,(H,16,17)(H,18,19). The van der Waals surface area contributed by atoms with Gasteiger partial charge in [0.25, 0.3) is 5.91 Å². The van der Waals surface area contributed by atoms with Crippen LogP contribution in [0.4, 0.5) is 5.82 Å². The average Bonchev–Trinajstić information content (AvgIpc) is 2.45. The second-order valence-electron chi connectivity index (χ2n) is 4.32. The van der Waals surface area contributed by atoms with Gasteiger partial charge in [0.15, 0.2) is 0 Å². The van der Waals surface area contributed by atoms with E-state index in [2.05, 4.69) is 21.7 Å². The SMILES string of the molecule is CNc1ncccc1C(=O)NCc1cccc(C)c1. The summed E-state index contributed by atoms with van der Waals surface area (Å²) in [5.74, 6) is 0.461. The summed E-state index contributed by atoms with van der Waals surface area (Å²) in [6.45, 7) is 2.55. The first kappa shape index (κ1) is 13.1. The van der Waals surface area contributed by atoms with Gasteiger partial charge in [0, 0.05) is 19.8 Å². The van der Waals surface area contributed by atoms with E-state index in [0.29, 0.717) is 17.9 Å². The minimum Gasteiger partial charge on any atom is -0.372 e. The molecule has 0 aliphatic heterocycles. The summed E-state index contributed by atoms with van der Waals surface area (Å²) in [4.78, 5) is 16.2. The smallest absolute Gasteiger partial charge is 0.255 e. The highest BCUT2D eigenvalue weighted by atomic mass is 16.1. The Labute approximate surface area is 112 Å². The van der Waals surface area contributed by atoms with E-state index < -0.39 is 0 Å². The molecule has 1 amide bonds. The maximum atomic E-state index is 12.1. The van der Waals surface area contributed by atoms with Crippen LogP contribution in [0.15, 0.2) is 42.6 Å². The molecule has 0 saturated carbocycles. The van der Waals surface area contributed by atoms with E-state index in [1.54, 1.807) is 25.4 Å². The van der Waals surface area contributed by atoms with E-state index in [9.17, 15) is 4.79 Å². The molecule has 0 fully saturated rings. The minimum atomic E-state index is -0.126. The molecule has 0 saturated heterocycles. The molecule has 0 atom stereocenters. The number of amides is 1. The lowest BCUT2D eigenvalue weighted by atomic mass is 10.1. The zero-order chi connectivity index (χ0) is 13.7. The van der Waals surface area contributed by atoms with Gasteiger partial charge in [0.1, 0.15) is 5.82 Å². The average molecular weight is 255 g/mol. The highest BCUT2D eigenvalue weighted by Gasteiger charge is 2.10. The zero-order valence-corrected chi connectivity index (χ0v) is 11.1. The van der Waals surface area contributed by atoms with Crippen LogP contribution in [-0.4, -0.2) is 17.9 Å². The fraction of sp³-hybridized carbons (Fsp3) is 0.200. The van der Waals surface area contributed by atoms with Gasteiger partial charge in [-0.15, -0.1) is 0 Å². The van der Waals surface area contributed by atoms with Crippen LogP contribution in [0.5, 0.6) is 0 Å². The number of benzene rings is 1. The van der Waals surface area contributed by atoms with E-state index in [0.717, 1.165) is 5.56 Å². The molecule has 0 spiro atoms. The van der Waals surface area contributed by atoms with Crippen LogP contribution in [-0.2, 0) is 6.54 Å². The van der Waals surface area contributed by atoms with Crippen molar-refractivity contribution in [2.24, 2.45) is 0 Å². The lowest BCUT2D eigenvalue weighted by Gasteiger charge is -2.09. The Balaban J connectivity index is 2.05. The highest BCUT2D eigenvalue weighted by molar-refractivity contribution is 5.98. The number of pyridine rings is 1. The topological polar surface area (TPSA) is 54.0 Å². The third-order valence-corrected chi connectivity index (χ3v) is 2.82. The van der Waals surface area contributed by atoms with Crippen molar-refractivity contribution in [3.05, 3.63) is 59.3 Å². The van der Waals surface area contributed by atoms with Gasteiger partial charge < -0.3 is 10.6 Å². The summed E-state index contributed by atoms with van der Waals surface area (Å²) in [7, 11) is 1.75. The second-order valence-corrected chi connectivity index (χ2v) is 4.32. The van der Waals surface area contributed by atoms with Gasteiger partial charge in [-0.3, -0.25) is 4.79 Å². The molecule has 0 unspecified atom stereocenters. The molecule has 0 aliphatic carbocycles. The van der Waals surface area contributed by atoms with Crippen molar-refractivity contribution in [1.82, 2.24) is 10.3 Å². The molecular weight excluding hydrogens is 238 g/mol. The number of carbonyl (C=O) groups excluding carboxylic acids is 1. The van der Waals surface area contributed by atoms with E-state index in [4.69, 9.17) is 0 Å². The maximum Gasteiger partial charge on any atom is 0.255 e.